The Labute approximate surface area is 268 Å². The number of nitrogens with one attached hydrogen (secondary N) is 2. The van der Waals surface area contributed by atoms with E-state index in [1.54, 1.807) is 30.3 Å². The average Bonchev–Trinajstić information content (AvgIpc) is 3.86. The smallest absolute Gasteiger partial charge is 0.343 e. The van der Waals surface area contributed by atoms with Crippen LogP contribution < -0.4 is 15.7 Å². The average molecular weight is 643 g/mol. The minimum atomic E-state index is -4.03. The molecule has 1 amide bonds. The summed E-state index contributed by atoms with van der Waals surface area (Å²) >= 11 is 0. The number of rotatable bonds is 11. The van der Waals surface area contributed by atoms with E-state index in [4.69, 9.17) is 9.15 Å². The third-order valence-electron chi connectivity index (χ3n) is 8.57. The first-order valence-electron chi connectivity index (χ1n) is 15.8. The summed E-state index contributed by atoms with van der Waals surface area (Å²) in [6.07, 6.45) is 7.07. The lowest BCUT2D eigenvalue weighted by atomic mass is 9.85. The van der Waals surface area contributed by atoms with Gasteiger partial charge in [0, 0.05) is 29.3 Å². The van der Waals surface area contributed by atoms with Gasteiger partial charge in [-0.25, -0.2) is 13.2 Å². The van der Waals surface area contributed by atoms with Crippen molar-refractivity contribution in [3.05, 3.63) is 117 Å². The largest absolute Gasteiger partial charge is 0.507 e. The van der Waals surface area contributed by atoms with Crippen molar-refractivity contribution < 1.29 is 27.5 Å². The molecule has 2 aliphatic rings. The van der Waals surface area contributed by atoms with Gasteiger partial charge in [0.05, 0.1) is 17.1 Å². The highest BCUT2D eigenvalue weighted by molar-refractivity contribution is 7.92. The first-order valence-corrected chi connectivity index (χ1v) is 17.3. The van der Waals surface area contributed by atoms with Crippen LogP contribution in [-0.2, 0) is 39.0 Å². The number of fused-ring (bicyclic) bond motifs is 1. The molecule has 2 aliphatic carbocycles. The van der Waals surface area contributed by atoms with E-state index >= 15 is 0 Å². The van der Waals surface area contributed by atoms with E-state index in [9.17, 15) is 23.1 Å². The van der Waals surface area contributed by atoms with Crippen LogP contribution in [0.15, 0.2) is 93.0 Å². The van der Waals surface area contributed by atoms with Gasteiger partial charge in [-0.3, -0.25) is 9.52 Å². The zero-order valence-electron chi connectivity index (χ0n) is 25.5. The summed E-state index contributed by atoms with van der Waals surface area (Å²) in [5.74, 6) is -0.0674. The van der Waals surface area contributed by atoms with Crippen LogP contribution in [-0.4, -0.2) is 26.0 Å². The molecule has 0 aliphatic heterocycles. The summed E-state index contributed by atoms with van der Waals surface area (Å²) in [6, 6.07) is 22.4. The van der Waals surface area contributed by atoms with E-state index in [1.807, 2.05) is 36.4 Å². The molecule has 0 bridgehead atoms. The van der Waals surface area contributed by atoms with Gasteiger partial charge >= 0.3 is 5.63 Å². The number of ether oxygens (including phenoxy) is 1. The molecular weight excluding hydrogens is 604 g/mol. The van der Waals surface area contributed by atoms with Crippen LogP contribution in [0.4, 0.5) is 11.4 Å². The monoisotopic (exact) mass is 642 g/mol. The Morgan fingerprint density at radius 2 is 1.65 bits per heavy atom. The lowest BCUT2D eigenvalue weighted by Crippen LogP contribution is -2.20. The molecular formula is C36H38N2O7S. The topological polar surface area (TPSA) is 135 Å². The van der Waals surface area contributed by atoms with Crippen LogP contribution in [0, 0.1) is 5.92 Å². The molecule has 3 N–H and O–H groups in total. The molecule has 6 rings (SSSR count). The zero-order valence-corrected chi connectivity index (χ0v) is 26.4. The van der Waals surface area contributed by atoms with Gasteiger partial charge in [0.1, 0.15) is 18.1 Å². The predicted octanol–water partition coefficient (Wildman–Crippen LogP) is 6.50. The van der Waals surface area contributed by atoms with Crippen LogP contribution in [0.3, 0.4) is 0 Å². The van der Waals surface area contributed by atoms with E-state index in [0.29, 0.717) is 30.0 Å². The number of aromatic hydroxyl groups is 1. The molecule has 10 heteroatoms. The number of amides is 1. The Kier molecular flexibility index (Phi) is 9.56. The molecule has 0 spiro atoms. The lowest BCUT2D eigenvalue weighted by molar-refractivity contribution is -0.121. The Bertz CT molecular complexity index is 1870. The number of carbonyl (C=O) groups is 1. The number of hydrogen-bond acceptors (Lipinski definition) is 7. The number of anilines is 2. The molecule has 3 aromatic carbocycles. The normalized spacial score (nSPS) is 15.7. The van der Waals surface area contributed by atoms with Crippen LogP contribution in [0.1, 0.15) is 72.5 Å². The summed E-state index contributed by atoms with van der Waals surface area (Å²) in [4.78, 5) is 25.7. The van der Waals surface area contributed by atoms with Crippen molar-refractivity contribution in [1.82, 2.24) is 0 Å². The van der Waals surface area contributed by atoms with Crippen molar-refractivity contribution in [3.63, 3.8) is 0 Å². The maximum absolute atomic E-state index is 13.4. The highest BCUT2D eigenvalue weighted by atomic mass is 32.2. The Balaban J connectivity index is 1.18. The second kappa shape index (κ2) is 13.9. The minimum Gasteiger partial charge on any atom is -0.507 e. The van der Waals surface area contributed by atoms with Crippen molar-refractivity contribution in [1.29, 1.82) is 0 Å². The van der Waals surface area contributed by atoms with Gasteiger partial charge in [-0.05, 0) is 79.5 Å². The second-order valence-corrected chi connectivity index (χ2v) is 13.8. The molecule has 1 saturated carbocycles. The predicted molar refractivity (Wildman–Crippen MR) is 176 cm³/mol. The molecule has 1 fully saturated rings. The number of hydrogen-bond donors (Lipinski definition) is 3. The minimum absolute atomic E-state index is 0.0281. The van der Waals surface area contributed by atoms with Crippen molar-refractivity contribution >= 4 is 27.3 Å². The summed E-state index contributed by atoms with van der Waals surface area (Å²) in [7, 11) is -4.03. The molecule has 1 aromatic heterocycles. The molecule has 240 valence electrons. The molecule has 46 heavy (non-hydrogen) atoms. The Morgan fingerprint density at radius 3 is 2.43 bits per heavy atom. The Hall–Kier alpha value is -4.41. The number of sulfonamides is 1. The zero-order chi connectivity index (χ0) is 32.1. The SMILES string of the molecule is O=C(COCc1ccccc1)Nc1cccc(S(=O)(=O)Nc2cccc(C(c3c(O)c4c(oc3=O)CCCCCC4)C3CC3)c2)c1. The summed E-state index contributed by atoms with van der Waals surface area (Å²) in [5, 5.41) is 14.1. The van der Waals surface area contributed by atoms with Crippen molar-refractivity contribution in [2.45, 2.75) is 68.8 Å². The fourth-order valence-corrected chi connectivity index (χ4v) is 7.28. The first kappa shape index (κ1) is 31.6. The van der Waals surface area contributed by atoms with Crippen LogP contribution in [0.25, 0.3) is 0 Å². The van der Waals surface area contributed by atoms with Crippen molar-refractivity contribution in [3.8, 4) is 5.75 Å². The third-order valence-corrected chi connectivity index (χ3v) is 9.95. The lowest BCUT2D eigenvalue weighted by Gasteiger charge is -2.22. The molecule has 1 heterocycles. The maximum Gasteiger partial charge on any atom is 0.343 e. The van der Waals surface area contributed by atoms with Gasteiger partial charge in [0.15, 0.2) is 0 Å². The molecule has 1 unspecified atom stereocenters. The summed E-state index contributed by atoms with van der Waals surface area (Å²) in [5.41, 5.74) is 2.78. The van der Waals surface area contributed by atoms with E-state index in [2.05, 4.69) is 10.0 Å². The fraction of sp³-hybridized carbons (Fsp3) is 0.333. The molecule has 0 saturated heterocycles. The molecule has 0 radical (unpaired) electrons. The Morgan fingerprint density at radius 1 is 0.913 bits per heavy atom. The summed E-state index contributed by atoms with van der Waals surface area (Å²) in [6.45, 7) is 0.0987. The van der Waals surface area contributed by atoms with Gasteiger partial charge < -0.3 is 19.6 Å². The van der Waals surface area contributed by atoms with Gasteiger partial charge in [-0.1, -0.05) is 61.4 Å². The van der Waals surface area contributed by atoms with E-state index in [1.165, 1.54) is 12.1 Å². The van der Waals surface area contributed by atoms with E-state index < -0.39 is 27.5 Å². The highest BCUT2D eigenvalue weighted by Gasteiger charge is 2.38. The van der Waals surface area contributed by atoms with Gasteiger partial charge in [-0.2, -0.15) is 0 Å². The van der Waals surface area contributed by atoms with Crippen LogP contribution >= 0.6 is 0 Å². The molecule has 9 nitrogen and oxygen atoms in total. The number of carbonyl (C=O) groups excluding carboxylic acids is 1. The fourth-order valence-electron chi connectivity index (χ4n) is 6.18. The number of benzene rings is 3. The number of aryl methyl sites for hydroxylation is 1. The molecule has 1 atom stereocenters. The van der Waals surface area contributed by atoms with E-state index in [-0.39, 0.29) is 35.3 Å². The first-order chi connectivity index (χ1) is 22.3. The summed E-state index contributed by atoms with van der Waals surface area (Å²) < 4.78 is 40.8. The van der Waals surface area contributed by atoms with Crippen LogP contribution in [0.2, 0.25) is 0 Å². The van der Waals surface area contributed by atoms with Gasteiger partial charge in [0.2, 0.25) is 5.91 Å². The van der Waals surface area contributed by atoms with Crippen molar-refractivity contribution in [2.75, 3.05) is 16.6 Å². The second-order valence-electron chi connectivity index (χ2n) is 12.1. The van der Waals surface area contributed by atoms with Gasteiger partial charge in [0.25, 0.3) is 10.0 Å². The van der Waals surface area contributed by atoms with Crippen molar-refractivity contribution in [2.24, 2.45) is 5.92 Å². The van der Waals surface area contributed by atoms with Crippen LogP contribution in [0.5, 0.6) is 5.75 Å². The molecule has 4 aromatic rings. The standard InChI is InChI=1S/C36H38N2O7S/c39-32(23-44-22-24-10-4-3-5-11-24)37-27-13-9-15-29(21-27)46(42,43)38-28-14-8-12-26(20-28)33(25-18-19-25)34-35(40)30-16-6-1-2-7-17-31(30)45-36(34)41/h3-5,8-15,20-21,25,33,38,40H,1-2,6-7,16-19,22-23H2,(H,37,39). The van der Waals surface area contributed by atoms with Gasteiger partial charge in [-0.15, -0.1) is 0 Å². The van der Waals surface area contributed by atoms with E-state index in [0.717, 1.165) is 55.2 Å². The maximum atomic E-state index is 13.4. The highest BCUT2D eigenvalue weighted by Crippen LogP contribution is 2.49. The third kappa shape index (κ3) is 7.51. The quantitative estimate of drug-likeness (QED) is 0.170.